The maximum absolute atomic E-state index is 11.0. The summed E-state index contributed by atoms with van der Waals surface area (Å²) >= 11 is 0. The van der Waals surface area contributed by atoms with Crippen LogP contribution >= 0.6 is 0 Å². The average Bonchev–Trinajstić information content (AvgIpc) is 2.29. The second-order valence-electron chi connectivity index (χ2n) is 3.16. The average molecular weight is 218 g/mol. The molecule has 0 radical (unpaired) electrons. The van der Waals surface area contributed by atoms with Gasteiger partial charge in [0, 0.05) is 12.1 Å². The predicted molar refractivity (Wildman–Crippen MR) is 62.6 cm³/mol. The maximum Gasteiger partial charge on any atom is 0.335 e. The summed E-state index contributed by atoms with van der Waals surface area (Å²) in [7, 11) is 0. The summed E-state index contributed by atoms with van der Waals surface area (Å²) in [5, 5.41) is 0. The molecule has 0 spiro atoms. The Morgan fingerprint density at radius 1 is 1.38 bits per heavy atom. The molecular weight excluding hydrogens is 204 g/mol. The number of ether oxygens (including phenoxy) is 2. The van der Waals surface area contributed by atoms with Crippen LogP contribution in [0, 0.1) is 0 Å². The first-order valence-corrected chi connectivity index (χ1v) is 4.89. The fraction of sp³-hybridized carbons (Fsp3) is 0.154. The second kappa shape index (κ2) is 5.75. The van der Waals surface area contributed by atoms with Crippen LogP contribution < -0.4 is 9.47 Å². The lowest BCUT2D eigenvalue weighted by Gasteiger charge is -2.11. The normalized spacial score (nSPS) is 11.3. The molecule has 0 amide bonds. The third-order valence-corrected chi connectivity index (χ3v) is 1.84. The van der Waals surface area contributed by atoms with Gasteiger partial charge in [-0.2, -0.15) is 0 Å². The van der Waals surface area contributed by atoms with Gasteiger partial charge in [0.15, 0.2) is 0 Å². The number of hydrogen-bond donors (Lipinski definition) is 0. The van der Waals surface area contributed by atoms with Crippen molar-refractivity contribution in [2.45, 2.75) is 13.0 Å². The van der Waals surface area contributed by atoms with E-state index in [1.165, 1.54) is 0 Å². The molecule has 1 rings (SSSR count). The Hall–Kier alpha value is -2.03. The van der Waals surface area contributed by atoms with Crippen LogP contribution in [0.2, 0.25) is 0 Å². The van der Waals surface area contributed by atoms with E-state index in [4.69, 9.17) is 9.47 Å². The molecule has 3 nitrogen and oxygen atoms in total. The molecule has 0 heterocycles. The van der Waals surface area contributed by atoms with E-state index < -0.39 is 5.97 Å². The molecule has 16 heavy (non-hydrogen) atoms. The van der Waals surface area contributed by atoms with Crippen molar-refractivity contribution >= 4 is 5.97 Å². The van der Waals surface area contributed by atoms with Crippen LogP contribution in [0.3, 0.4) is 0 Å². The second-order valence-corrected chi connectivity index (χ2v) is 3.16. The van der Waals surface area contributed by atoms with Gasteiger partial charge >= 0.3 is 5.97 Å². The van der Waals surface area contributed by atoms with Gasteiger partial charge in [0.1, 0.15) is 17.6 Å². The summed E-state index contributed by atoms with van der Waals surface area (Å²) < 4.78 is 10.4. The van der Waals surface area contributed by atoms with Crippen LogP contribution in [0.1, 0.15) is 6.92 Å². The van der Waals surface area contributed by atoms with Crippen LogP contribution in [0.5, 0.6) is 11.5 Å². The van der Waals surface area contributed by atoms with Crippen molar-refractivity contribution in [2.75, 3.05) is 0 Å². The van der Waals surface area contributed by atoms with Crippen molar-refractivity contribution < 1.29 is 14.3 Å². The number of carbonyl (C=O) groups is 1. The highest BCUT2D eigenvalue weighted by Crippen LogP contribution is 2.20. The highest BCUT2D eigenvalue weighted by atomic mass is 16.5. The molecule has 0 bridgehead atoms. The minimum atomic E-state index is -0.492. The Kier molecular flexibility index (Phi) is 4.33. The Morgan fingerprint density at radius 2 is 2.06 bits per heavy atom. The van der Waals surface area contributed by atoms with Crippen molar-refractivity contribution in [3.8, 4) is 11.5 Å². The molecule has 0 saturated heterocycles. The van der Waals surface area contributed by atoms with E-state index in [0.29, 0.717) is 11.5 Å². The molecular formula is C13H14O3. The highest BCUT2D eigenvalue weighted by molar-refractivity contribution is 5.83. The Morgan fingerprint density at radius 3 is 2.69 bits per heavy atom. The summed E-state index contributed by atoms with van der Waals surface area (Å²) in [5.74, 6) is 0.564. The van der Waals surface area contributed by atoms with Gasteiger partial charge in [-0.15, -0.1) is 0 Å². The van der Waals surface area contributed by atoms with E-state index in [2.05, 4.69) is 13.2 Å². The first kappa shape index (κ1) is 12.0. The lowest BCUT2D eigenvalue weighted by Crippen LogP contribution is -2.08. The first-order valence-electron chi connectivity index (χ1n) is 4.89. The summed E-state index contributed by atoms with van der Waals surface area (Å²) in [6.45, 7) is 8.81. The molecule has 0 aliphatic heterocycles. The first-order chi connectivity index (χ1) is 7.65. The Labute approximate surface area is 95.0 Å². The van der Waals surface area contributed by atoms with Gasteiger partial charge in [0.05, 0.1) is 0 Å². The number of hydrogen-bond acceptors (Lipinski definition) is 3. The van der Waals surface area contributed by atoms with E-state index in [1.807, 2.05) is 6.92 Å². The van der Waals surface area contributed by atoms with Crippen LogP contribution in [-0.4, -0.2) is 12.1 Å². The van der Waals surface area contributed by atoms with E-state index in [1.54, 1.807) is 30.3 Å². The van der Waals surface area contributed by atoms with E-state index in [-0.39, 0.29) is 6.10 Å². The van der Waals surface area contributed by atoms with Crippen LogP contribution in [0.15, 0.2) is 49.6 Å². The predicted octanol–water partition coefficient (Wildman–Crippen LogP) is 2.73. The van der Waals surface area contributed by atoms with Gasteiger partial charge in [-0.25, -0.2) is 4.79 Å². The van der Waals surface area contributed by atoms with Crippen molar-refractivity contribution in [2.24, 2.45) is 0 Å². The molecule has 1 aromatic rings. The summed E-state index contributed by atoms with van der Waals surface area (Å²) in [4.78, 5) is 11.0. The van der Waals surface area contributed by atoms with Gasteiger partial charge in [0.2, 0.25) is 0 Å². The molecule has 0 aliphatic carbocycles. The highest BCUT2D eigenvalue weighted by Gasteiger charge is 2.03. The number of rotatable bonds is 5. The van der Waals surface area contributed by atoms with Crippen molar-refractivity contribution in [3.05, 3.63) is 49.6 Å². The lowest BCUT2D eigenvalue weighted by molar-refractivity contribution is -0.128. The SMILES string of the molecule is C=CC(=O)Oc1cccc(OC(C)C=C)c1. The molecule has 0 fully saturated rings. The van der Waals surface area contributed by atoms with Crippen LogP contribution in [0.25, 0.3) is 0 Å². The van der Waals surface area contributed by atoms with Gasteiger partial charge in [-0.05, 0) is 19.1 Å². The van der Waals surface area contributed by atoms with Crippen LogP contribution in [0.4, 0.5) is 0 Å². The van der Waals surface area contributed by atoms with E-state index >= 15 is 0 Å². The van der Waals surface area contributed by atoms with Gasteiger partial charge in [0.25, 0.3) is 0 Å². The minimum absolute atomic E-state index is 0.0923. The maximum atomic E-state index is 11.0. The fourth-order valence-electron chi connectivity index (χ4n) is 1.03. The van der Waals surface area contributed by atoms with Crippen molar-refractivity contribution in [1.29, 1.82) is 0 Å². The third-order valence-electron chi connectivity index (χ3n) is 1.84. The molecule has 0 N–H and O–H groups in total. The summed E-state index contributed by atoms with van der Waals surface area (Å²) in [6.07, 6.45) is 2.70. The summed E-state index contributed by atoms with van der Waals surface area (Å²) in [5.41, 5.74) is 0. The third kappa shape index (κ3) is 3.61. The zero-order chi connectivity index (χ0) is 12.0. The largest absolute Gasteiger partial charge is 0.487 e. The number of benzene rings is 1. The van der Waals surface area contributed by atoms with Gasteiger partial charge < -0.3 is 9.47 Å². The molecule has 1 unspecified atom stereocenters. The monoisotopic (exact) mass is 218 g/mol. The molecule has 1 atom stereocenters. The van der Waals surface area contributed by atoms with E-state index in [0.717, 1.165) is 6.08 Å². The molecule has 0 saturated carbocycles. The fourth-order valence-corrected chi connectivity index (χ4v) is 1.03. The molecule has 1 aromatic carbocycles. The Balaban J connectivity index is 2.74. The van der Waals surface area contributed by atoms with Gasteiger partial charge in [-0.3, -0.25) is 0 Å². The molecule has 0 aromatic heterocycles. The zero-order valence-corrected chi connectivity index (χ0v) is 9.18. The molecule has 0 aliphatic rings. The van der Waals surface area contributed by atoms with Gasteiger partial charge in [-0.1, -0.05) is 25.3 Å². The standard InChI is InChI=1S/C13H14O3/c1-4-10(3)15-11-7-6-8-12(9-11)16-13(14)5-2/h4-10H,1-2H2,3H3. The molecule has 84 valence electrons. The minimum Gasteiger partial charge on any atom is -0.487 e. The quantitative estimate of drug-likeness (QED) is 0.330. The van der Waals surface area contributed by atoms with Crippen molar-refractivity contribution in [3.63, 3.8) is 0 Å². The smallest absolute Gasteiger partial charge is 0.335 e. The zero-order valence-electron chi connectivity index (χ0n) is 9.18. The van der Waals surface area contributed by atoms with E-state index in [9.17, 15) is 4.79 Å². The molecule has 3 heteroatoms. The Bertz CT molecular complexity index is 396. The lowest BCUT2D eigenvalue weighted by atomic mass is 10.3. The number of carbonyl (C=O) groups excluding carboxylic acids is 1. The number of esters is 1. The van der Waals surface area contributed by atoms with Crippen molar-refractivity contribution in [1.82, 2.24) is 0 Å². The van der Waals surface area contributed by atoms with Crippen LogP contribution in [-0.2, 0) is 4.79 Å². The summed E-state index contributed by atoms with van der Waals surface area (Å²) in [6, 6.07) is 6.84. The topological polar surface area (TPSA) is 35.5 Å².